The minimum Gasteiger partial charge on any atom is -0.305 e. The number of amides is 3. The largest absolute Gasteiger partial charge is 0.325 e. The van der Waals surface area contributed by atoms with Crippen molar-refractivity contribution in [1.82, 2.24) is 10.2 Å². The lowest BCUT2D eigenvalue weighted by atomic mass is 9.91. The zero-order chi connectivity index (χ0) is 14.9. The molecule has 1 aromatic carbocycles. The van der Waals surface area contributed by atoms with Gasteiger partial charge < -0.3 is 4.90 Å². The first-order valence-corrected chi connectivity index (χ1v) is 6.89. The number of carbonyl (C=O) groups is 2. The van der Waals surface area contributed by atoms with Crippen LogP contribution in [0.2, 0.25) is 5.02 Å². The molecule has 1 fully saturated rings. The molecule has 1 N–H and O–H groups in total. The van der Waals surface area contributed by atoms with Crippen molar-refractivity contribution in [2.24, 2.45) is 0 Å². The molecule has 0 aliphatic carbocycles. The zero-order valence-electron chi connectivity index (χ0n) is 11.4. The van der Waals surface area contributed by atoms with E-state index < -0.39 is 17.4 Å². The first kappa shape index (κ1) is 14.8. The summed E-state index contributed by atoms with van der Waals surface area (Å²) in [5, 5.41) is 2.59. The molecular weight excluding hydrogens is 283 g/mol. The molecule has 1 heterocycles. The molecule has 1 aliphatic rings. The minimum absolute atomic E-state index is 0.179. The number of halogens is 2. The van der Waals surface area contributed by atoms with Crippen LogP contribution in [0, 0.1) is 5.82 Å². The van der Waals surface area contributed by atoms with E-state index in [0.717, 1.165) is 0 Å². The van der Waals surface area contributed by atoms with Crippen LogP contribution >= 0.6 is 11.6 Å². The van der Waals surface area contributed by atoms with Crippen LogP contribution in [0.1, 0.15) is 32.3 Å². The molecule has 0 atom stereocenters. The Kier molecular flexibility index (Phi) is 3.99. The van der Waals surface area contributed by atoms with Crippen molar-refractivity contribution in [1.29, 1.82) is 0 Å². The first-order chi connectivity index (χ1) is 9.44. The predicted molar refractivity (Wildman–Crippen MR) is 73.8 cm³/mol. The number of rotatable bonds is 4. The van der Waals surface area contributed by atoms with Crippen molar-refractivity contribution in [3.05, 3.63) is 34.6 Å². The molecule has 2 rings (SSSR count). The van der Waals surface area contributed by atoms with Crippen LogP contribution in [-0.2, 0) is 11.3 Å². The van der Waals surface area contributed by atoms with Crippen molar-refractivity contribution in [2.45, 2.75) is 38.8 Å². The number of carbonyl (C=O) groups excluding carboxylic acids is 2. The van der Waals surface area contributed by atoms with E-state index in [4.69, 9.17) is 11.6 Å². The second-order valence-electron chi connectivity index (χ2n) is 4.82. The molecule has 0 bridgehead atoms. The number of imide groups is 1. The van der Waals surface area contributed by atoms with E-state index in [0.29, 0.717) is 18.4 Å². The molecule has 0 saturated carbocycles. The summed E-state index contributed by atoms with van der Waals surface area (Å²) in [7, 11) is 0. The van der Waals surface area contributed by atoms with Gasteiger partial charge in [-0.2, -0.15) is 0 Å². The summed E-state index contributed by atoms with van der Waals surface area (Å²) < 4.78 is 13.1. The molecule has 4 nitrogen and oxygen atoms in total. The average molecular weight is 299 g/mol. The van der Waals surface area contributed by atoms with E-state index in [9.17, 15) is 14.0 Å². The number of urea groups is 1. The fourth-order valence-corrected chi connectivity index (χ4v) is 2.82. The molecule has 0 spiro atoms. The molecule has 1 aromatic rings. The molecule has 3 amide bonds. The molecule has 0 aromatic heterocycles. The summed E-state index contributed by atoms with van der Waals surface area (Å²) in [6.45, 7) is 3.90. The number of hydrogen-bond donors (Lipinski definition) is 1. The van der Waals surface area contributed by atoms with E-state index in [1.807, 2.05) is 13.8 Å². The third-order valence-electron chi connectivity index (χ3n) is 3.92. The fourth-order valence-electron chi connectivity index (χ4n) is 2.59. The van der Waals surface area contributed by atoms with Gasteiger partial charge in [-0.15, -0.1) is 0 Å². The van der Waals surface area contributed by atoms with Crippen LogP contribution < -0.4 is 5.32 Å². The summed E-state index contributed by atoms with van der Waals surface area (Å²) in [4.78, 5) is 25.5. The Labute approximate surface area is 121 Å². The van der Waals surface area contributed by atoms with Gasteiger partial charge in [0, 0.05) is 11.6 Å². The van der Waals surface area contributed by atoms with Crippen molar-refractivity contribution >= 4 is 23.5 Å². The Morgan fingerprint density at radius 1 is 1.30 bits per heavy atom. The zero-order valence-corrected chi connectivity index (χ0v) is 12.1. The molecule has 6 heteroatoms. The Balaban J connectivity index is 2.35. The molecule has 1 saturated heterocycles. The van der Waals surface area contributed by atoms with Crippen LogP contribution in [0.25, 0.3) is 0 Å². The van der Waals surface area contributed by atoms with E-state index >= 15 is 0 Å². The maximum atomic E-state index is 13.1. The highest BCUT2D eigenvalue weighted by Crippen LogP contribution is 2.32. The fraction of sp³-hybridized carbons (Fsp3) is 0.429. The normalized spacial score (nSPS) is 17.5. The second kappa shape index (κ2) is 5.40. The van der Waals surface area contributed by atoms with Gasteiger partial charge in [-0.3, -0.25) is 10.1 Å². The SMILES string of the molecule is CCC1(CC)C(=O)NC(=O)N1Cc1ccc(F)cc1Cl. The maximum Gasteiger partial charge on any atom is 0.325 e. The highest BCUT2D eigenvalue weighted by atomic mass is 35.5. The smallest absolute Gasteiger partial charge is 0.305 e. The van der Waals surface area contributed by atoms with E-state index in [1.54, 1.807) is 0 Å². The van der Waals surface area contributed by atoms with Crippen molar-refractivity contribution in [3.63, 3.8) is 0 Å². The van der Waals surface area contributed by atoms with Gasteiger partial charge in [0.15, 0.2) is 0 Å². The molecule has 0 unspecified atom stereocenters. The summed E-state index contributed by atoms with van der Waals surface area (Å²) in [6.07, 6.45) is 1.03. The summed E-state index contributed by atoms with van der Waals surface area (Å²) >= 11 is 5.99. The quantitative estimate of drug-likeness (QED) is 0.868. The molecule has 0 radical (unpaired) electrons. The minimum atomic E-state index is -0.852. The molecule has 1 aliphatic heterocycles. The first-order valence-electron chi connectivity index (χ1n) is 6.51. The van der Waals surface area contributed by atoms with Gasteiger partial charge in [0.25, 0.3) is 5.91 Å². The lowest BCUT2D eigenvalue weighted by Gasteiger charge is -2.33. The third kappa shape index (κ3) is 2.26. The Morgan fingerprint density at radius 3 is 2.50 bits per heavy atom. The Hall–Kier alpha value is -1.62. The number of nitrogens with one attached hydrogen (secondary N) is 1. The van der Waals surface area contributed by atoms with Crippen molar-refractivity contribution < 1.29 is 14.0 Å². The van der Waals surface area contributed by atoms with Gasteiger partial charge in [-0.05, 0) is 30.5 Å². The van der Waals surface area contributed by atoms with Crippen LogP contribution in [0.3, 0.4) is 0 Å². The Bertz CT molecular complexity index is 558. The van der Waals surface area contributed by atoms with Gasteiger partial charge in [0.1, 0.15) is 11.4 Å². The average Bonchev–Trinajstić information content (AvgIpc) is 2.64. The van der Waals surface area contributed by atoms with E-state index in [2.05, 4.69) is 5.32 Å². The highest BCUT2D eigenvalue weighted by Gasteiger charge is 2.50. The van der Waals surface area contributed by atoms with Gasteiger partial charge in [-0.1, -0.05) is 31.5 Å². The van der Waals surface area contributed by atoms with Gasteiger partial charge in [-0.25, -0.2) is 9.18 Å². The van der Waals surface area contributed by atoms with E-state index in [-0.39, 0.29) is 17.5 Å². The molecule has 108 valence electrons. The summed E-state index contributed by atoms with van der Waals surface area (Å²) in [6, 6.07) is 3.59. The standard InChI is InChI=1S/C14H16ClFN2O2/c1-3-14(4-2)12(19)17-13(20)18(14)8-9-5-6-10(16)7-11(9)15/h5-7H,3-4,8H2,1-2H3,(H,17,19,20). The van der Waals surface area contributed by atoms with Crippen molar-refractivity contribution in [2.75, 3.05) is 0 Å². The second-order valence-corrected chi connectivity index (χ2v) is 5.23. The summed E-state index contributed by atoms with van der Waals surface area (Å²) in [5.74, 6) is -0.719. The Morgan fingerprint density at radius 2 is 1.95 bits per heavy atom. The van der Waals surface area contributed by atoms with Gasteiger partial charge in [0.05, 0.1) is 0 Å². The van der Waals surface area contributed by atoms with Gasteiger partial charge >= 0.3 is 6.03 Å². The third-order valence-corrected chi connectivity index (χ3v) is 4.27. The van der Waals surface area contributed by atoms with Crippen LogP contribution in [0.4, 0.5) is 9.18 Å². The number of nitrogens with zero attached hydrogens (tertiary/aromatic N) is 1. The lowest BCUT2D eigenvalue weighted by molar-refractivity contribution is -0.127. The van der Waals surface area contributed by atoms with Crippen LogP contribution in [-0.4, -0.2) is 22.4 Å². The lowest BCUT2D eigenvalue weighted by Crippen LogP contribution is -2.48. The summed E-state index contributed by atoms with van der Waals surface area (Å²) in [5.41, 5.74) is -0.237. The maximum absolute atomic E-state index is 13.1. The molecular formula is C14H16ClFN2O2. The van der Waals surface area contributed by atoms with Crippen LogP contribution in [0.15, 0.2) is 18.2 Å². The predicted octanol–water partition coefficient (Wildman–Crippen LogP) is 3.09. The topological polar surface area (TPSA) is 49.4 Å². The van der Waals surface area contributed by atoms with Crippen molar-refractivity contribution in [3.8, 4) is 0 Å². The number of hydrogen-bond acceptors (Lipinski definition) is 2. The molecule has 20 heavy (non-hydrogen) atoms. The van der Waals surface area contributed by atoms with Crippen LogP contribution in [0.5, 0.6) is 0 Å². The van der Waals surface area contributed by atoms with Gasteiger partial charge in [0.2, 0.25) is 0 Å². The highest BCUT2D eigenvalue weighted by molar-refractivity contribution is 6.31. The monoisotopic (exact) mass is 298 g/mol. The van der Waals surface area contributed by atoms with E-state index in [1.165, 1.54) is 23.1 Å². The number of benzene rings is 1.